The van der Waals surface area contributed by atoms with Gasteiger partial charge in [0, 0.05) is 6.08 Å². The summed E-state index contributed by atoms with van der Waals surface area (Å²) in [5, 5.41) is 8.82. The fraction of sp³-hybridized carbons (Fsp3) is 0.0500. The molecule has 0 aliphatic heterocycles. The van der Waals surface area contributed by atoms with Gasteiger partial charge in [-0.2, -0.15) is 5.26 Å². The predicted octanol–water partition coefficient (Wildman–Crippen LogP) is 1.81. The van der Waals surface area contributed by atoms with Crippen LogP contribution >= 0.6 is 11.3 Å². The molecule has 1 heterocycles. The predicted molar refractivity (Wildman–Crippen MR) is 101 cm³/mol. The van der Waals surface area contributed by atoms with Crippen molar-refractivity contribution in [3.63, 3.8) is 0 Å². The molecule has 26 heavy (non-hydrogen) atoms. The lowest BCUT2D eigenvalue weighted by Gasteiger charge is -2.03. The highest BCUT2D eigenvalue weighted by molar-refractivity contribution is 7.07. The van der Waals surface area contributed by atoms with Gasteiger partial charge in [0.2, 0.25) is 0 Å². The van der Waals surface area contributed by atoms with E-state index in [9.17, 15) is 9.59 Å². The lowest BCUT2D eigenvalue weighted by molar-refractivity contribution is 0.105. The molecule has 0 atom stereocenters. The van der Waals surface area contributed by atoms with Crippen molar-refractivity contribution in [3.8, 4) is 11.8 Å². The van der Waals surface area contributed by atoms with Crippen LogP contribution in [0.25, 0.3) is 12.2 Å². The van der Waals surface area contributed by atoms with Crippen molar-refractivity contribution in [2.24, 2.45) is 0 Å². The number of ketones is 1. The van der Waals surface area contributed by atoms with Crippen LogP contribution in [0.2, 0.25) is 0 Å². The first-order valence-corrected chi connectivity index (χ1v) is 8.52. The van der Waals surface area contributed by atoms with Gasteiger partial charge in [-0.15, -0.1) is 11.3 Å². The lowest BCUT2D eigenvalue weighted by atomic mass is 10.1. The Kier molecular flexibility index (Phi) is 5.11. The highest BCUT2D eigenvalue weighted by Crippen LogP contribution is 2.18. The van der Waals surface area contributed by atoms with Gasteiger partial charge in [0.05, 0.1) is 33.5 Å². The molecular weight excluding hydrogens is 348 g/mol. The van der Waals surface area contributed by atoms with Gasteiger partial charge < -0.3 is 9.72 Å². The van der Waals surface area contributed by atoms with Gasteiger partial charge in [0.25, 0.3) is 5.56 Å². The zero-order chi connectivity index (χ0) is 18.5. The first-order valence-electron chi connectivity index (χ1n) is 7.71. The molecule has 0 bridgehead atoms. The minimum absolute atomic E-state index is 0.245. The van der Waals surface area contributed by atoms with Crippen LogP contribution in [-0.4, -0.2) is 17.9 Å². The summed E-state index contributed by atoms with van der Waals surface area (Å²) in [6, 6.07) is 15.9. The third-order valence-corrected chi connectivity index (χ3v) is 4.62. The standard InChI is InChI=1S/C20H14N2O3S/c1-25-17-5-3-2-4-15(17)16(23)11-19-22-20(24)18(26-19)10-13-6-8-14(12-21)9-7-13/h2-11H,1H3,(H,22,24)/b18-10+,19-11+. The molecule has 5 nitrogen and oxygen atoms in total. The Bertz CT molecular complexity index is 1170. The molecule has 0 unspecified atom stereocenters. The molecule has 2 aromatic carbocycles. The number of aromatic nitrogens is 1. The average Bonchev–Trinajstić information content (AvgIpc) is 3.01. The highest BCUT2D eigenvalue weighted by atomic mass is 32.1. The highest BCUT2D eigenvalue weighted by Gasteiger charge is 2.09. The SMILES string of the molecule is COc1ccccc1C(=O)/C=c1\[nH]c(=O)/c(=C\c2ccc(C#N)cc2)s1. The number of thiazole rings is 1. The van der Waals surface area contributed by atoms with E-state index < -0.39 is 0 Å². The summed E-state index contributed by atoms with van der Waals surface area (Å²) in [5.41, 5.74) is 1.53. The van der Waals surface area contributed by atoms with Gasteiger partial charge >= 0.3 is 0 Å². The molecule has 0 aliphatic rings. The van der Waals surface area contributed by atoms with Gasteiger partial charge in [-0.1, -0.05) is 24.3 Å². The summed E-state index contributed by atoms with van der Waals surface area (Å²) in [4.78, 5) is 27.3. The van der Waals surface area contributed by atoms with Crippen molar-refractivity contribution in [1.82, 2.24) is 4.98 Å². The maximum atomic E-state index is 12.5. The second kappa shape index (κ2) is 7.64. The molecule has 6 heteroatoms. The monoisotopic (exact) mass is 362 g/mol. The molecular formula is C20H14N2O3S. The molecule has 1 aromatic heterocycles. The fourth-order valence-electron chi connectivity index (χ4n) is 2.37. The molecule has 0 amide bonds. The average molecular weight is 362 g/mol. The van der Waals surface area contributed by atoms with E-state index in [0.29, 0.717) is 26.1 Å². The van der Waals surface area contributed by atoms with Crippen LogP contribution in [0.4, 0.5) is 0 Å². The first-order chi connectivity index (χ1) is 12.6. The van der Waals surface area contributed by atoms with E-state index in [4.69, 9.17) is 10.00 Å². The zero-order valence-corrected chi connectivity index (χ0v) is 14.7. The minimum Gasteiger partial charge on any atom is -0.496 e. The normalized spacial score (nSPS) is 12.0. The number of nitrogens with zero attached hydrogens (tertiary/aromatic N) is 1. The van der Waals surface area contributed by atoms with Gasteiger partial charge in [-0.25, -0.2) is 0 Å². The molecule has 1 N–H and O–H groups in total. The van der Waals surface area contributed by atoms with E-state index in [2.05, 4.69) is 4.98 Å². The van der Waals surface area contributed by atoms with Crippen molar-refractivity contribution >= 4 is 29.3 Å². The van der Waals surface area contributed by atoms with Crippen LogP contribution in [0.5, 0.6) is 5.75 Å². The number of para-hydroxylation sites is 1. The number of Topliss-reactive ketones (excluding diaryl/α,β-unsaturated/α-hetero) is 1. The number of hydrogen-bond donors (Lipinski definition) is 1. The molecule has 3 rings (SSSR count). The third kappa shape index (κ3) is 3.79. The van der Waals surface area contributed by atoms with Crippen LogP contribution in [0.15, 0.2) is 53.3 Å². The van der Waals surface area contributed by atoms with Crippen molar-refractivity contribution in [2.45, 2.75) is 0 Å². The summed E-state index contributed by atoms with van der Waals surface area (Å²) < 4.78 is 6.14. The molecule has 0 fully saturated rings. The fourth-order valence-corrected chi connectivity index (χ4v) is 3.26. The smallest absolute Gasteiger partial charge is 0.266 e. The van der Waals surface area contributed by atoms with Crippen LogP contribution in [0.3, 0.4) is 0 Å². The van der Waals surface area contributed by atoms with E-state index in [0.717, 1.165) is 5.56 Å². The zero-order valence-electron chi connectivity index (χ0n) is 13.9. The number of nitriles is 1. The summed E-state index contributed by atoms with van der Waals surface area (Å²) in [7, 11) is 1.50. The Morgan fingerprint density at radius 1 is 1.19 bits per heavy atom. The Labute approximate surface area is 153 Å². The van der Waals surface area contributed by atoms with Gasteiger partial charge in [0.1, 0.15) is 5.75 Å². The number of nitrogens with one attached hydrogen (secondary N) is 1. The lowest BCUT2D eigenvalue weighted by Crippen LogP contribution is -2.20. The van der Waals surface area contributed by atoms with E-state index >= 15 is 0 Å². The molecule has 0 radical (unpaired) electrons. The van der Waals surface area contributed by atoms with E-state index in [1.807, 2.05) is 6.07 Å². The van der Waals surface area contributed by atoms with E-state index in [-0.39, 0.29) is 11.3 Å². The second-order valence-electron chi connectivity index (χ2n) is 5.37. The van der Waals surface area contributed by atoms with Crippen molar-refractivity contribution in [3.05, 3.63) is 84.8 Å². The number of hydrogen-bond acceptors (Lipinski definition) is 5. The Balaban J connectivity index is 1.98. The Hall–Kier alpha value is -3.43. The minimum atomic E-state index is -0.265. The molecule has 3 aromatic rings. The van der Waals surface area contributed by atoms with Crippen molar-refractivity contribution < 1.29 is 9.53 Å². The molecule has 128 valence electrons. The summed E-state index contributed by atoms with van der Waals surface area (Å²) in [6.45, 7) is 0. The maximum Gasteiger partial charge on any atom is 0.266 e. The number of carbonyl (C=O) groups excluding carboxylic acids is 1. The van der Waals surface area contributed by atoms with Gasteiger partial charge in [-0.05, 0) is 35.9 Å². The van der Waals surface area contributed by atoms with Gasteiger partial charge in [0.15, 0.2) is 5.78 Å². The molecule has 0 saturated heterocycles. The quantitative estimate of drug-likeness (QED) is 0.718. The topological polar surface area (TPSA) is 83.0 Å². The van der Waals surface area contributed by atoms with Crippen LogP contribution < -0.4 is 19.5 Å². The summed E-state index contributed by atoms with van der Waals surface area (Å²) in [5.74, 6) is 0.238. The van der Waals surface area contributed by atoms with Crippen LogP contribution in [0, 0.1) is 11.3 Å². The molecule has 0 saturated carbocycles. The summed E-state index contributed by atoms with van der Waals surface area (Å²) in [6.07, 6.45) is 3.11. The van der Waals surface area contributed by atoms with Crippen LogP contribution in [-0.2, 0) is 0 Å². The maximum absolute atomic E-state index is 12.5. The Morgan fingerprint density at radius 2 is 1.92 bits per heavy atom. The first kappa shape index (κ1) is 17.4. The van der Waals surface area contributed by atoms with Crippen LogP contribution in [0.1, 0.15) is 21.5 Å². The number of benzene rings is 2. The van der Waals surface area contributed by atoms with Crippen molar-refractivity contribution in [1.29, 1.82) is 5.26 Å². The van der Waals surface area contributed by atoms with E-state index in [1.54, 1.807) is 54.6 Å². The Morgan fingerprint density at radius 3 is 2.62 bits per heavy atom. The third-order valence-electron chi connectivity index (χ3n) is 3.65. The number of ether oxygens (including phenoxy) is 1. The van der Waals surface area contributed by atoms with Crippen molar-refractivity contribution in [2.75, 3.05) is 7.11 Å². The molecule has 0 aliphatic carbocycles. The number of H-pyrrole nitrogens is 1. The number of rotatable bonds is 4. The number of carbonyl (C=O) groups is 1. The second-order valence-corrected chi connectivity index (χ2v) is 6.46. The van der Waals surface area contributed by atoms with Gasteiger partial charge in [-0.3, -0.25) is 9.59 Å². The molecule has 0 spiro atoms. The summed E-state index contributed by atoms with van der Waals surface area (Å²) >= 11 is 1.19. The number of aromatic amines is 1. The largest absolute Gasteiger partial charge is 0.496 e. The van der Waals surface area contributed by atoms with E-state index in [1.165, 1.54) is 24.5 Å². The number of methoxy groups -OCH3 is 1.